The van der Waals surface area contributed by atoms with Crippen LogP contribution in [0.1, 0.15) is 109 Å². The van der Waals surface area contributed by atoms with E-state index in [1.807, 2.05) is 32.2 Å². The highest BCUT2D eigenvalue weighted by molar-refractivity contribution is 5.95. The van der Waals surface area contributed by atoms with E-state index in [1.54, 1.807) is 7.11 Å². The molecular weight excluding hydrogens is 659 g/mol. The molecule has 3 heterocycles. The highest BCUT2D eigenvalue weighted by Gasteiger charge is 2.27. The van der Waals surface area contributed by atoms with E-state index in [0.717, 1.165) is 84.9 Å². The van der Waals surface area contributed by atoms with Crippen molar-refractivity contribution in [2.24, 2.45) is 17.1 Å². The highest BCUT2D eigenvalue weighted by atomic mass is 16.5. The van der Waals surface area contributed by atoms with Gasteiger partial charge in [-0.15, -0.1) is 0 Å². The Hall–Kier alpha value is -3.69. The lowest BCUT2D eigenvalue weighted by molar-refractivity contribution is -0.109. The van der Waals surface area contributed by atoms with Gasteiger partial charge in [-0.25, -0.2) is 5.01 Å². The summed E-state index contributed by atoms with van der Waals surface area (Å²) in [4.78, 5) is 25.6. The van der Waals surface area contributed by atoms with Crippen molar-refractivity contribution in [1.29, 1.82) is 0 Å². The maximum absolute atomic E-state index is 11.1. The molecule has 1 saturated heterocycles. The van der Waals surface area contributed by atoms with E-state index in [2.05, 4.69) is 100.0 Å². The number of aromatic nitrogens is 2. The second-order valence-corrected chi connectivity index (χ2v) is 15.0. The van der Waals surface area contributed by atoms with Gasteiger partial charge in [-0.2, -0.15) is 0 Å². The fourth-order valence-electron chi connectivity index (χ4n) is 6.48. The van der Waals surface area contributed by atoms with Gasteiger partial charge >= 0.3 is 0 Å². The number of rotatable bonds is 12. The van der Waals surface area contributed by atoms with Gasteiger partial charge in [-0.05, 0) is 111 Å². The van der Waals surface area contributed by atoms with Crippen LogP contribution in [0.3, 0.4) is 0 Å². The summed E-state index contributed by atoms with van der Waals surface area (Å²) < 4.78 is 8.22. The van der Waals surface area contributed by atoms with E-state index < -0.39 is 6.04 Å². The number of nitrogens with one attached hydrogen (secondary N) is 1. The van der Waals surface area contributed by atoms with Gasteiger partial charge in [0.2, 0.25) is 0 Å². The first-order valence-corrected chi connectivity index (χ1v) is 19.8. The van der Waals surface area contributed by atoms with Crippen LogP contribution in [-0.4, -0.2) is 60.4 Å². The Labute approximate surface area is 319 Å². The first-order chi connectivity index (χ1) is 25.4. The van der Waals surface area contributed by atoms with Crippen LogP contribution in [0.15, 0.2) is 54.7 Å². The van der Waals surface area contributed by atoms with Crippen molar-refractivity contribution in [3.8, 4) is 22.4 Å². The van der Waals surface area contributed by atoms with Gasteiger partial charge in [-0.3, -0.25) is 10.4 Å². The zero-order valence-electron chi connectivity index (χ0n) is 34.3. The molecule has 6 rings (SSSR count). The molecule has 0 bridgehead atoms. The van der Waals surface area contributed by atoms with Crippen LogP contribution in [0.4, 0.5) is 0 Å². The topological polar surface area (TPSA) is 102 Å². The Balaban J connectivity index is 0.000000450. The lowest BCUT2D eigenvalue weighted by atomic mass is 9.81. The van der Waals surface area contributed by atoms with Crippen molar-refractivity contribution in [3.63, 3.8) is 0 Å². The Kier molecular flexibility index (Phi) is 17.5. The normalized spacial score (nSPS) is 15.5. The van der Waals surface area contributed by atoms with Crippen molar-refractivity contribution in [2.45, 2.75) is 119 Å². The van der Waals surface area contributed by atoms with Gasteiger partial charge < -0.3 is 24.6 Å². The predicted octanol–water partition coefficient (Wildman–Crippen LogP) is 9.29. The summed E-state index contributed by atoms with van der Waals surface area (Å²) in [5, 5.41) is 3.42. The number of hydrogen-bond donors (Lipinski definition) is 2. The molecule has 290 valence electrons. The molecule has 0 amide bonds. The molecule has 2 unspecified atom stereocenters. The third kappa shape index (κ3) is 12.4. The SMILES string of the molecule is CC.CCn1c(-c2cc(C)cnc2C(C)OC)c(CC(C)(C)CC)c2cc(-c3cccc(CC(N)C=O)c3)ccc21.CN1CCCCN1.O=CC1CC1. The molecule has 4 aromatic rings. The summed E-state index contributed by atoms with van der Waals surface area (Å²) in [6.45, 7) is 20.6. The molecule has 2 aromatic carbocycles. The number of carbonyl (C=O) groups is 2. The van der Waals surface area contributed by atoms with Gasteiger partial charge in [0.1, 0.15) is 12.6 Å². The molecule has 2 atom stereocenters. The molecule has 1 saturated carbocycles. The number of ether oxygens (including phenoxy) is 1. The second kappa shape index (κ2) is 21.3. The van der Waals surface area contributed by atoms with Crippen molar-refractivity contribution in [2.75, 3.05) is 27.2 Å². The van der Waals surface area contributed by atoms with Crippen LogP contribution >= 0.6 is 0 Å². The molecule has 8 heteroatoms. The van der Waals surface area contributed by atoms with E-state index in [-0.39, 0.29) is 11.5 Å². The number of benzene rings is 2. The summed E-state index contributed by atoms with van der Waals surface area (Å²) in [5.41, 5.74) is 19.7. The van der Waals surface area contributed by atoms with E-state index in [0.29, 0.717) is 12.3 Å². The molecule has 2 aromatic heterocycles. The lowest BCUT2D eigenvalue weighted by Crippen LogP contribution is -2.39. The van der Waals surface area contributed by atoms with Gasteiger partial charge in [0.05, 0.1) is 23.5 Å². The molecule has 3 N–H and O–H groups in total. The van der Waals surface area contributed by atoms with Crippen LogP contribution < -0.4 is 11.2 Å². The number of pyridine rings is 1. The van der Waals surface area contributed by atoms with E-state index in [4.69, 9.17) is 15.5 Å². The third-order valence-corrected chi connectivity index (χ3v) is 10.2. The Morgan fingerprint density at radius 3 is 2.30 bits per heavy atom. The molecule has 1 aliphatic heterocycles. The molecule has 53 heavy (non-hydrogen) atoms. The van der Waals surface area contributed by atoms with Crippen molar-refractivity contribution < 1.29 is 14.3 Å². The summed E-state index contributed by atoms with van der Waals surface area (Å²) in [7, 11) is 3.83. The number of aryl methyl sites for hydroxylation is 2. The van der Waals surface area contributed by atoms with E-state index in [1.165, 1.54) is 41.5 Å². The Bertz CT molecular complexity index is 1740. The lowest BCUT2D eigenvalue weighted by Gasteiger charge is -2.24. The average molecular weight is 726 g/mol. The maximum Gasteiger partial charge on any atom is 0.137 e. The Morgan fingerprint density at radius 2 is 1.77 bits per heavy atom. The first-order valence-electron chi connectivity index (χ1n) is 19.8. The number of hydrazine groups is 1. The summed E-state index contributed by atoms with van der Waals surface area (Å²) >= 11 is 0. The van der Waals surface area contributed by atoms with Gasteiger partial charge in [-0.1, -0.05) is 71.4 Å². The van der Waals surface area contributed by atoms with Crippen LogP contribution in [0.2, 0.25) is 0 Å². The number of carbonyl (C=O) groups excluding carboxylic acids is 2. The average Bonchev–Trinajstić information content (AvgIpc) is 3.98. The fraction of sp³-hybridized carbons (Fsp3) is 0.533. The van der Waals surface area contributed by atoms with Crippen molar-refractivity contribution in [3.05, 3.63) is 77.1 Å². The molecule has 1 aliphatic carbocycles. The van der Waals surface area contributed by atoms with Crippen LogP contribution in [0.5, 0.6) is 0 Å². The maximum atomic E-state index is 11.1. The molecule has 2 fully saturated rings. The fourth-order valence-corrected chi connectivity index (χ4v) is 6.48. The number of aldehydes is 2. The van der Waals surface area contributed by atoms with Crippen molar-refractivity contribution in [1.82, 2.24) is 20.0 Å². The number of nitrogens with two attached hydrogens (primary N) is 1. The van der Waals surface area contributed by atoms with Gasteiger partial charge in [0.25, 0.3) is 0 Å². The summed E-state index contributed by atoms with van der Waals surface area (Å²) in [5.74, 6) is 0.454. The monoisotopic (exact) mass is 726 g/mol. The quantitative estimate of drug-likeness (QED) is 0.140. The summed E-state index contributed by atoms with van der Waals surface area (Å²) in [6.07, 6.45) is 11.2. The van der Waals surface area contributed by atoms with Gasteiger partial charge in [0.15, 0.2) is 0 Å². The molecular formula is C45H67N5O3. The molecule has 8 nitrogen and oxygen atoms in total. The minimum atomic E-state index is -0.488. The van der Waals surface area contributed by atoms with Crippen LogP contribution in [0.25, 0.3) is 33.3 Å². The highest BCUT2D eigenvalue weighted by Crippen LogP contribution is 2.42. The van der Waals surface area contributed by atoms with Crippen LogP contribution in [0, 0.1) is 18.3 Å². The Morgan fingerprint density at radius 1 is 1.06 bits per heavy atom. The zero-order chi connectivity index (χ0) is 39.1. The number of methoxy groups -OCH3 is 1. The minimum absolute atomic E-state index is 0.119. The minimum Gasteiger partial charge on any atom is -0.375 e. The van der Waals surface area contributed by atoms with E-state index >= 15 is 0 Å². The van der Waals surface area contributed by atoms with E-state index in [9.17, 15) is 9.59 Å². The number of nitrogens with zero attached hydrogens (tertiary/aromatic N) is 3. The zero-order valence-corrected chi connectivity index (χ0v) is 34.3. The second-order valence-electron chi connectivity index (χ2n) is 15.0. The van der Waals surface area contributed by atoms with Crippen LogP contribution in [-0.2, 0) is 33.7 Å². The first kappa shape index (κ1) is 43.7. The molecule has 0 spiro atoms. The van der Waals surface area contributed by atoms with Crippen molar-refractivity contribution >= 4 is 23.5 Å². The summed E-state index contributed by atoms with van der Waals surface area (Å²) in [6, 6.07) is 17.0. The largest absolute Gasteiger partial charge is 0.375 e. The third-order valence-electron chi connectivity index (χ3n) is 10.2. The predicted molar refractivity (Wildman–Crippen MR) is 222 cm³/mol. The number of hydrogen-bond acceptors (Lipinski definition) is 7. The number of fused-ring (bicyclic) bond motifs is 1. The smallest absolute Gasteiger partial charge is 0.137 e. The van der Waals surface area contributed by atoms with Gasteiger partial charge in [0, 0.05) is 62.4 Å². The standard InChI is InChI=1S/C34H43N3O2.C5H12N2.C4H6O.C2H6/c1-8-34(5,6)19-30-28-18-26(25-12-10-11-24(16-25)17-27(35)21-38)13-14-31(28)37(9-2)33(30)29-15-22(3)20-36-32(29)23(4)39-7;1-7-5-3-2-4-6-7;5-3-4-1-2-4;1-2/h10-16,18,20-21,23,27H,8-9,17,19,35H2,1-7H3;6H,2-5H2,1H3;3-4H,1-2H2;1-2H3. The molecule has 0 radical (unpaired) electrons. The molecule has 2 aliphatic rings.